The third kappa shape index (κ3) is 2.80. The molecule has 0 bridgehead atoms. The number of rotatable bonds is 3. The molecule has 1 heteroatoms. The number of hydrogen-bond acceptors (Lipinski definition) is 0. The first-order chi connectivity index (χ1) is 9.34. The van der Waals surface area contributed by atoms with E-state index in [1.165, 1.54) is 61.5 Å². The van der Waals surface area contributed by atoms with Crippen LogP contribution in [0.2, 0.25) is 0 Å². The maximum Gasteiger partial charge on any atom is 0.212 e. The number of para-hydroxylation sites is 1. The quantitative estimate of drug-likeness (QED) is 0.714. The Bertz CT molecular complexity index is 553. The van der Waals surface area contributed by atoms with Gasteiger partial charge in [0.25, 0.3) is 0 Å². The molecule has 0 aliphatic heterocycles. The van der Waals surface area contributed by atoms with Gasteiger partial charge in [0.15, 0.2) is 6.20 Å². The van der Waals surface area contributed by atoms with Crippen molar-refractivity contribution in [2.75, 3.05) is 0 Å². The van der Waals surface area contributed by atoms with E-state index >= 15 is 0 Å². The first-order valence-corrected chi connectivity index (χ1v) is 7.72. The standard InChI is InChI=1S/C18H24N/c1-15-11-13-19(18-10-6-5-9-17(15)18)14-12-16-7-3-2-4-8-16/h5-6,9-11,13,16H,2-4,7-8,12,14H2,1H3/q+1. The Kier molecular flexibility index (Phi) is 3.82. The van der Waals surface area contributed by atoms with Gasteiger partial charge >= 0.3 is 0 Å². The van der Waals surface area contributed by atoms with Gasteiger partial charge in [0, 0.05) is 23.9 Å². The van der Waals surface area contributed by atoms with E-state index in [4.69, 9.17) is 0 Å². The Labute approximate surface area is 116 Å². The van der Waals surface area contributed by atoms with Crippen LogP contribution in [0, 0.1) is 12.8 Å². The molecule has 0 atom stereocenters. The lowest BCUT2D eigenvalue weighted by atomic mass is 9.87. The number of benzene rings is 1. The van der Waals surface area contributed by atoms with E-state index in [9.17, 15) is 0 Å². The van der Waals surface area contributed by atoms with Crippen LogP contribution in [-0.2, 0) is 6.54 Å². The first-order valence-electron chi connectivity index (χ1n) is 7.72. The molecule has 19 heavy (non-hydrogen) atoms. The zero-order valence-corrected chi connectivity index (χ0v) is 11.9. The molecule has 3 rings (SSSR count). The van der Waals surface area contributed by atoms with Crippen LogP contribution in [0.25, 0.3) is 10.9 Å². The van der Waals surface area contributed by atoms with Crippen LogP contribution in [0.1, 0.15) is 44.1 Å². The van der Waals surface area contributed by atoms with Gasteiger partial charge < -0.3 is 0 Å². The molecule has 1 aliphatic rings. The van der Waals surface area contributed by atoms with Crippen molar-refractivity contribution in [2.24, 2.45) is 5.92 Å². The summed E-state index contributed by atoms with van der Waals surface area (Å²) in [5.41, 5.74) is 2.77. The van der Waals surface area contributed by atoms with E-state index in [0.29, 0.717) is 0 Å². The van der Waals surface area contributed by atoms with Gasteiger partial charge in [-0.3, -0.25) is 0 Å². The Morgan fingerprint density at radius 2 is 1.84 bits per heavy atom. The third-order valence-electron chi connectivity index (χ3n) is 4.65. The minimum Gasteiger partial charge on any atom is -0.198 e. The summed E-state index contributed by atoms with van der Waals surface area (Å²) in [6, 6.07) is 11.0. The topological polar surface area (TPSA) is 3.88 Å². The molecule has 1 saturated carbocycles. The summed E-state index contributed by atoms with van der Waals surface area (Å²) in [5, 5.41) is 1.40. The molecule has 1 fully saturated rings. The van der Waals surface area contributed by atoms with Crippen LogP contribution in [-0.4, -0.2) is 0 Å². The van der Waals surface area contributed by atoms with Crippen LogP contribution >= 0.6 is 0 Å². The minimum atomic E-state index is 0.960. The number of aryl methyl sites for hydroxylation is 2. The zero-order chi connectivity index (χ0) is 13.1. The Morgan fingerprint density at radius 1 is 1.05 bits per heavy atom. The van der Waals surface area contributed by atoms with Crippen molar-refractivity contribution in [1.29, 1.82) is 0 Å². The number of fused-ring (bicyclic) bond motifs is 1. The van der Waals surface area contributed by atoms with Gasteiger partial charge in [0.1, 0.15) is 6.54 Å². The second-order valence-electron chi connectivity index (χ2n) is 6.00. The molecular formula is C18H24N+. The van der Waals surface area contributed by atoms with Gasteiger partial charge in [0.05, 0.1) is 0 Å². The van der Waals surface area contributed by atoms with Crippen LogP contribution in [0.5, 0.6) is 0 Å². The van der Waals surface area contributed by atoms with Crippen molar-refractivity contribution in [2.45, 2.75) is 52.0 Å². The van der Waals surface area contributed by atoms with Crippen molar-refractivity contribution in [3.05, 3.63) is 42.1 Å². The van der Waals surface area contributed by atoms with Crippen molar-refractivity contribution in [1.82, 2.24) is 0 Å². The molecule has 1 aromatic carbocycles. The van der Waals surface area contributed by atoms with E-state index in [0.717, 1.165) is 5.92 Å². The van der Waals surface area contributed by atoms with Gasteiger partial charge in [0.2, 0.25) is 5.52 Å². The molecule has 0 saturated heterocycles. The molecule has 1 aliphatic carbocycles. The molecule has 0 amide bonds. The van der Waals surface area contributed by atoms with Crippen LogP contribution < -0.4 is 4.57 Å². The van der Waals surface area contributed by atoms with Crippen molar-refractivity contribution < 1.29 is 4.57 Å². The van der Waals surface area contributed by atoms with Gasteiger partial charge in [-0.25, -0.2) is 0 Å². The molecule has 0 radical (unpaired) electrons. The normalized spacial score (nSPS) is 16.9. The summed E-state index contributed by atoms with van der Waals surface area (Å²) in [5.74, 6) is 0.960. The lowest BCUT2D eigenvalue weighted by molar-refractivity contribution is -0.672. The summed E-state index contributed by atoms with van der Waals surface area (Å²) < 4.78 is 2.44. The van der Waals surface area contributed by atoms with Crippen LogP contribution in [0.15, 0.2) is 36.5 Å². The maximum absolute atomic E-state index is 2.44. The molecule has 100 valence electrons. The van der Waals surface area contributed by atoms with Gasteiger partial charge in [-0.2, -0.15) is 4.57 Å². The molecule has 0 spiro atoms. The van der Waals surface area contributed by atoms with Crippen molar-refractivity contribution >= 4 is 10.9 Å². The number of pyridine rings is 1. The zero-order valence-electron chi connectivity index (χ0n) is 11.9. The number of aromatic nitrogens is 1. The SMILES string of the molecule is Cc1cc[n+](CCC2CCCCC2)c2ccccc12. The fourth-order valence-electron chi connectivity index (χ4n) is 3.42. The molecule has 1 nitrogen and oxygen atoms in total. The lowest BCUT2D eigenvalue weighted by Crippen LogP contribution is -2.35. The van der Waals surface area contributed by atoms with Crippen molar-refractivity contribution in [3.8, 4) is 0 Å². The third-order valence-corrected chi connectivity index (χ3v) is 4.65. The van der Waals surface area contributed by atoms with Gasteiger partial charge in [-0.05, 0) is 24.5 Å². The summed E-state index contributed by atoms with van der Waals surface area (Å²) in [6.07, 6.45) is 10.9. The van der Waals surface area contributed by atoms with Crippen LogP contribution in [0.4, 0.5) is 0 Å². The second kappa shape index (κ2) is 5.73. The summed E-state index contributed by atoms with van der Waals surface area (Å²) in [4.78, 5) is 0. The fourth-order valence-corrected chi connectivity index (χ4v) is 3.42. The van der Waals surface area contributed by atoms with E-state index in [-0.39, 0.29) is 0 Å². The van der Waals surface area contributed by atoms with E-state index in [1.54, 1.807) is 0 Å². The molecule has 0 unspecified atom stereocenters. The molecular weight excluding hydrogens is 230 g/mol. The largest absolute Gasteiger partial charge is 0.212 e. The maximum atomic E-state index is 2.44. The van der Waals surface area contributed by atoms with E-state index < -0.39 is 0 Å². The smallest absolute Gasteiger partial charge is 0.198 e. The second-order valence-corrected chi connectivity index (χ2v) is 6.00. The first kappa shape index (κ1) is 12.7. The average molecular weight is 254 g/mol. The Balaban J connectivity index is 1.79. The average Bonchev–Trinajstić information content (AvgIpc) is 2.48. The highest BCUT2D eigenvalue weighted by atomic mass is 14.9. The molecule has 2 aromatic rings. The Morgan fingerprint density at radius 3 is 2.68 bits per heavy atom. The number of nitrogens with zero attached hydrogens (tertiary/aromatic N) is 1. The van der Waals surface area contributed by atoms with Gasteiger partial charge in [-0.1, -0.05) is 44.2 Å². The van der Waals surface area contributed by atoms with Gasteiger partial charge in [-0.15, -0.1) is 0 Å². The predicted molar refractivity (Wildman–Crippen MR) is 80.1 cm³/mol. The Hall–Kier alpha value is -1.37. The molecule has 1 aromatic heterocycles. The summed E-state index contributed by atoms with van der Waals surface area (Å²) >= 11 is 0. The highest BCUT2D eigenvalue weighted by Crippen LogP contribution is 2.26. The fraction of sp³-hybridized carbons (Fsp3) is 0.500. The number of hydrogen-bond donors (Lipinski definition) is 0. The minimum absolute atomic E-state index is 0.960. The molecule has 0 N–H and O–H groups in total. The van der Waals surface area contributed by atoms with E-state index in [1.807, 2.05) is 0 Å². The summed E-state index contributed by atoms with van der Waals surface area (Å²) in [7, 11) is 0. The van der Waals surface area contributed by atoms with Crippen LogP contribution in [0.3, 0.4) is 0 Å². The lowest BCUT2D eigenvalue weighted by Gasteiger charge is -2.20. The predicted octanol–water partition coefficient (Wildman–Crippen LogP) is 4.41. The summed E-state index contributed by atoms with van der Waals surface area (Å²) in [6.45, 7) is 3.37. The monoisotopic (exact) mass is 254 g/mol. The highest BCUT2D eigenvalue weighted by molar-refractivity contribution is 5.78. The highest BCUT2D eigenvalue weighted by Gasteiger charge is 2.16. The van der Waals surface area contributed by atoms with Crippen molar-refractivity contribution in [3.63, 3.8) is 0 Å². The van der Waals surface area contributed by atoms with E-state index in [2.05, 4.69) is 48.0 Å². The molecule has 1 heterocycles.